The van der Waals surface area contributed by atoms with E-state index in [2.05, 4.69) is 26.5 Å². The van der Waals surface area contributed by atoms with E-state index in [0.29, 0.717) is 16.9 Å². The number of rotatable bonds is 1. The molecule has 6 nitrogen and oxygen atoms in total. The van der Waals surface area contributed by atoms with Crippen molar-refractivity contribution in [3.63, 3.8) is 0 Å². The third-order valence-corrected chi connectivity index (χ3v) is 5.16. The van der Waals surface area contributed by atoms with Crippen LogP contribution in [0.2, 0.25) is 0 Å². The van der Waals surface area contributed by atoms with Gasteiger partial charge < -0.3 is 0 Å². The zero-order chi connectivity index (χ0) is 16.1. The Morgan fingerprint density at radius 2 is 1.79 bits per heavy atom. The zero-order valence-corrected chi connectivity index (χ0v) is 13.2. The highest BCUT2D eigenvalue weighted by Gasteiger charge is 2.24. The van der Waals surface area contributed by atoms with E-state index in [1.807, 2.05) is 41.0 Å². The van der Waals surface area contributed by atoms with Crippen molar-refractivity contribution >= 4 is 22.5 Å². The molecule has 1 aliphatic heterocycles. The summed E-state index contributed by atoms with van der Waals surface area (Å²) in [5, 5.41) is 16.9. The number of fused-ring (bicyclic) bond motifs is 4. The van der Waals surface area contributed by atoms with E-state index in [-0.39, 0.29) is 5.56 Å². The smallest absolute Gasteiger partial charge is 0.272 e. The number of nitrogens with one attached hydrogen (secondary N) is 1. The van der Waals surface area contributed by atoms with Gasteiger partial charge in [0, 0.05) is 10.3 Å². The molecule has 0 saturated carbocycles. The van der Waals surface area contributed by atoms with Crippen LogP contribution in [0.4, 0.5) is 0 Å². The summed E-state index contributed by atoms with van der Waals surface area (Å²) in [7, 11) is 0. The minimum Gasteiger partial charge on any atom is -0.276 e. The van der Waals surface area contributed by atoms with Crippen molar-refractivity contribution in [2.45, 2.75) is 10.6 Å². The molecule has 0 amide bonds. The minimum atomic E-state index is -0.205. The maximum atomic E-state index is 12.0. The van der Waals surface area contributed by atoms with Gasteiger partial charge in [-0.15, -0.1) is 22.0 Å². The molecule has 0 atom stereocenters. The minimum absolute atomic E-state index is 0.205. The Morgan fingerprint density at radius 3 is 2.71 bits per heavy atom. The summed E-state index contributed by atoms with van der Waals surface area (Å²) in [6.07, 6.45) is 0. The Balaban J connectivity index is 1.85. The SMILES string of the molecule is O=c1[nH]nc(-c2nnc3n2-c2ccccc2SC3)c2ccccc12. The van der Waals surface area contributed by atoms with Crippen LogP contribution in [0.15, 0.2) is 58.2 Å². The Hall–Kier alpha value is -2.93. The molecule has 0 unspecified atom stereocenters. The van der Waals surface area contributed by atoms with Gasteiger partial charge in [0.05, 0.1) is 16.8 Å². The second kappa shape index (κ2) is 5.04. The van der Waals surface area contributed by atoms with Crippen LogP contribution in [0.25, 0.3) is 28.0 Å². The largest absolute Gasteiger partial charge is 0.276 e. The van der Waals surface area contributed by atoms with Gasteiger partial charge in [0.1, 0.15) is 11.5 Å². The normalized spacial score (nSPS) is 12.8. The van der Waals surface area contributed by atoms with Gasteiger partial charge in [0.15, 0.2) is 5.82 Å². The topological polar surface area (TPSA) is 76.5 Å². The van der Waals surface area contributed by atoms with Gasteiger partial charge in [-0.05, 0) is 18.2 Å². The van der Waals surface area contributed by atoms with Gasteiger partial charge in [-0.25, -0.2) is 5.10 Å². The number of benzene rings is 2. The maximum Gasteiger partial charge on any atom is 0.272 e. The molecule has 116 valence electrons. The van der Waals surface area contributed by atoms with Crippen LogP contribution in [0, 0.1) is 0 Å². The van der Waals surface area contributed by atoms with E-state index in [1.54, 1.807) is 17.8 Å². The molecule has 3 heterocycles. The standard InChI is InChI=1S/C17H11N5OS/c23-17-11-6-2-1-5-10(11)15(19-21-17)16-20-18-14-9-24-13-8-4-3-7-12(13)22(14)16/h1-8H,9H2,(H,21,23). The van der Waals surface area contributed by atoms with Crippen LogP contribution < -0.4 is 5.56 Å². The second-order valence-corrected chi connectivity index (χ2v) is 6.50. The number of H-pyrrole nitrogens is 1. The molecular weight excluding hydrogens is 322 g/mol. The number of thioether (sulfide) groups is 1. The van der Waals surface area contributed by atoms with E-state index in [4.69, 9.17) is 0 Å². The van der Waals surface area contributed by atoms with Crippen molar-refractivity contribution < 1.29 is 0 Å². The highest BCUT2D eigenvalue weighted by Crippen LogP contribution is 2.37. The summed E-state index contributed by atoms with van der Waals surface area (Å²) in [5.74, 6) is 2.28. The van der Waals surface area contributed by atoms with Crippen molar-refractivity contribution in [1.82, 2.24) is 25.0 Å². The molecular formula is C17H11N5OS. The van der Waals surface area contributed by atoms with Crippen LogP contribution in [0.3, 0.4) is 0 Å². The fourth-order valence-corrected chi connectivity index (χ4v) is 3.96. The molecule has 0 fully saturated rings. The summed E-state index contributed by atoms with van der Waals surface area (Å²) in [6, 6.07) is 15.6. The molecule has 0 spiro atoms. The van der Waals surface area contributed by atoms with E-state index in [9.17, 15) is 4.79 Å². The Labute approximate surface area is 140 Å². The number of hydrogen-bond acceptors (Lipinski definition) is 5. The van der Waals surface area contributed by atoms with Crippen LogP contribution >= 0.6 is 11.8 Å². The van der Waals surface area contributed by atoms with Crippen LogP contribution in [0.5, 0.6) is 0 Å². The molecule has 0 bridgehead atoms. The lowest BCUT2D eigenvalue weighted by Gasteiger charge is -2.18. The summed E-state index contributed by atoms with van der Waals surface area (Å²) in [5.41, 5.74) is 1.47. The average molecular weight is 333 g/mol. The third kappa shape index (κ3) is 1.85. The molecule has 4 aromatic rings. The van der Waals surface area contributed by atoms with Crippen molar-refractivity contribution in [3.8, 4) is 17.2 Å². The number of aromatic nitrogens is 5. The molecule has 0 radical (unpaired) electrons. The van der Waals surface area contributed by atoms with Crippen molar-refractivity contribution in [1.29, 1.82) is 0 Å². The van der Waals surface area contributed by atoms with E-state index in [1.165, 1.54) is 4.90 Å². The average Bonchev–Trinajstić information content (AvgIpc) is 3.07. The summed E-state index contributed by atoms with van der Waals surface area (Å²) in [6.45, 7) is 0. The molecule has 1 N–H and O–H groups in total. The summed E-state index contributed by atoms with van der Waals surface area (Å²) in [4.78, 5) is 13.2. The number of para-hydroxylation sites is 1. The first-order valence-corrected chi connectivity index (χ1v) is 8.46. The van der Waals surface area contributed by atoms with Gasteiger partial charge in [-0.3, -0.25) is 9.36 Å². The molecule has 1 aliphatic rings. The summed E-state index contributed by atoms with van der Waals surface area (Å²) < 4.78 is 2.03. The van der Waals surface area contributed by atoms with Crippen LogP contribution in [0.1, 0.15) is 5.82 Å². The number of hydrogen-bond donors (Lipinski definition) is 1. The Bertz CT molecular complexity index is 1150. The molecule has 5 rings (SSSR count). The number of aromatic amines is 1. The predicted molar refractivity (Wildman–Crippen MR) is 92.3 cm³/mol. The van der Waals surface area contributed by atoms with Gasteiger partial charge in [-0.2, -0.15) is 5.10 Å². The van der Waals surface area contributed by atoms with Crippen molar-refractivity contribution in [2.75, 3.05) is 0 Å². The van der Waals surface area contributed by atoms with Gasteiger partial charge in [-0.1, -0.05) is 30.3 Å². The Kier molecular flexibility index (Phi) is 2.83. The molecule has 2 aromatic carbocycles. The van der Waals surface area contributed by atoms with E-state index < -0.39 is 0 Å². The Morgan fingerprint density at radius 1 is 1.00 bits per heavy atom. The molecule has 0 aliphatic carbocycles. The lowest BCUT2D eigenvalue weighted by molar-refractivity contribution is 0.915. The molecule has 0 saturated heterocycles. The third-order valence-electron chi connectivity index (χ3n) is 4.10. The first-order valence-electron chi connectivity index (χ1n) is 7.47. The maximum absolute atomic E-state index is 12.0. The highest BCUT2D eigenvalue weighted by molar-refractivity contribution is 7.98. The molecule has 24 heavy (non-hydrogen) atoms. The molecule has 2 aromatic heterocycles. The lowest BCUT2D eigenvalue weighted by Crippen LogP contribution is -2.12. The lowest BCUT2D eigenvalue weighted by atomic mass is 10.1. The fraction of sp³-hybridized carbons (Fsp3) is 0.0588. The van der Waals surface area contributed by atoms with Crippen molar-refractivity contribution in [3.05, 3.63) is 64.7 Å². The quantitative estimate of drug-likeness (QED) is 0.580. The first kappa shape index (κ1) is 13.5. The van der Waals surface area contributed by atoms with Crippen LogP contribution in [-0.4, -0.2) is 25.0 Å². The van der Waals surface area contributed by atoms with Gasteiger partial charge >= 0.3 is 0 Å². The van der Waals surface area contributed by atoms with Gasteiger partial charge in [0.25, 0.3) is 5.56 Å². The predicted octanol–water partition coefficient (Wildman–Crippen LogP) is 2.78. The second-order valence-electron chi connectivity index (χ2n) is 5.48. The van der Waals surface area contributed by atoms with E-state index in [0.717, 1.165) is 22.7 Å². The highest BCUT2D eigenvalue weighted by atomic mass is 32.2. The van der Waals surface area contributed by atoms with Crippen LogP contribution in [-0.2, 0) is 5.75 Å². The fourth-order valence-electron chi connectivity index (χ4n) is 3.01. The summed E-state index contributed by atoms with van der Waals surface area (Å²) >= 11 is 1.74. The molecule has 7 heteroatoms. The monoisotopic (exact) mass is 333 g/mol. The zero-order valence-electron chi connectivity index (χ0n) is 12.4. The van der Waals surface area contributed by atoms with Crippen molar-refractivity contribution in [2.24, 2.45) is 0 Å². The number of nitrogens with zero attached hydrogens (tertiary/aromatic N) is 4. The van der Waals surface area contributed by atoms with Gasteiger partial charge in [0.2, 0.25) is 0 Å². The van der Waals surface area contributed by atoms with E-state index >= 15 is 0 Å². The first-order chi connectivity index (χ1) is 11.8.